The molecule has 2 aromatic rings. The highest BCUT2D eigenvalue weighted by molar-refractivity contribution is 7.99. The van der Waals surface area contributed by atoms with Gasteiger partial charge in [-0.3, -0.25) is 19.3 Å². The van der Waals surface area contributed by atoms with Gasteiger partial charge >= 0.3 is 0 Å². The van der Waals surface area contributed by atoms with Crippen LogP contribution in [0, 0.1) is 15.9 Å². The van der Waals surface area contributed by atoms with Gasteiger partial charge in [0.1, 0.15) is 11.6 Å². The molecule has 2 aromatic carbocycles. The first-order valence-corrected chi connectivity index (χ1v) is 8.81. The van der Waals surface area contributed by atoms with Crippen molar-refractivity contribution < 1.29 is 23.2 Å². The number of carbonyl (C=O) groups excluding carboxylic acids is 1. The Morgan fingerprint density at radius 2 is 1.93 bits per heavy atom. The predicted molar refractivity (Wildman–Crippen MR) is 97.7 cm³/mol. The lowest BCUT2D eigenvalue weighted by Crippen LogP contribution is -2.22. The molecule has 1 amide bonds. The van der Waals surface area contributed by atoms with Gasteiger partial charge in [-0.1, -0.05) is 11.8 Å². The van der Waals surface area contributed by atoms with E-state index < -0.39 is 17.4 Å². The molecule has 0 fully saturated rings. The number of nitrogens with zero attached hydrogens (tertiary/aromatic N) is 2. The third-order valence-electron chi connectivity index (χ3n) is 3.47. The van der Waals surface area contributed by atoms with Gasteiger partial charge in [0, 0.05) is 25.4 Å². The normalized spacial score (nSPS) is 10.5. The van der Waals surface area contributed by atoms with E-state index in [-0.39, 0.29) is 35.1 Å². The first-order chi connectivity index (χ1) is 12.8. The van der Waals surface area contributed by atoms with Crippen molar-refractivity contribution in [1.82, 2.24) is 4.90 Å². The molecule has 27 heavy (non-hydrogen) atoms. The van der Waals surface area contributed by atoms with Crippen molar-refractivity contribution in [2.45, 2.75) is 16.2 Å². The van der Waals surface area contributed by atoms with Crippen LogP contribution in [0.1, 0.15) is 16.8 Å². The lowest BCUT2D eigenvalue weighted by Gasteiger charge is -2.15. The first-order valence-electron chi connectivity index (χ1n) is 7.99. The van der Waals surface area contributed by atoms with Crippen LogP contribution in [-0.2, 0) is 0 Å². The van der Waals surface area contributed by atoms with Gasteiger partial charge in [-0.25, -0.2) is 4.39 Å². The predicted octanol–water partition coefficient (Wildman–Crippen LogP) is 4.33. The smallest absolute Gasteiger partial charge is 0.286 e. The van der Waals surface area contributed by atoms with Gasteiger partial charge in [-0.2, -0.15) is 0 Å². The van der Waals surface area contributed by atoms with Crippen molar-refractivity contribution in [2.75, 3.05) is 27.4 Å². The molecule has 0 aromatic heterocycles. The van der Waals surface area contributed by atoms with E-state index in [1.54, 1.807) is 26.2 Å². The standard InChI is InChI=1S/C18H18F2N2O4S/c1-21(2)18(23)14-11-13(26-9-3-8-19)5-7-16(14)27-17-6-4-12(20)10-15(17)22(24)25/h4-7,10-11H,3,8-9H2,1-2H3. The van der Waals surface area contributed by atoms with E-state index in [2.05, 4.69) is 0 Å². The minimum absolute atomic E-state index is 0.169. The Kier molecular flexibility index (Phi) is 7.12. The van der Waals surface area contributed by atoms with Crippen molar-refractivity contribution in [3.63, 3.8) is 0 Å². The molecular weight excluding hydrogens is 378 g/mol. The fourth-order valence-corrected chi connectivity index (χ4v) is 3.18. The number of ether oxygens (including phenoxy) is 1. The molecule has 0 N–H and O–H groups in total. The van der Waals surface area contributed by atoms with E-state index in [1.165, 1.54) is 17.0 Å². The molecule has 0 unspecified atom stereocenters. The van der Waals surface area contributed by atoms with Crippen LogP contribution < -0.4 is 4.74 Å². The van der Waals surface area contributed by atoms with Gasteiger partial charge in [0.05, 0.1) is 34.7 Å². The van der Waals surface area contributed by atoms with Gasteiger partial charge in [0.25, 0.3) is 11.6 Å². The third kappa shape index (κ3) is 5.40. The van der Waals surface area contributed by atoms with Crippen LogP contribution in [0.4, 0.5) is 14.5 Å². The molecule has 0 saturated heterocycles. The largest absolute Gasteiger partial charge is 0.493 e. The maximum Gasteiger partial charge on any atom is 0.286 e. The van der Waals surface area contributed by atoms with Crippen LogP contribution in [0.2, 0.25) is 0 Å². The van der Waals surface area contributed by atoms with E-state index in [9.17, 15) is 23.7 Å². The Balaban J connectivity index is 2.41. The Bertz CT molecular complexity index is 846. The van der Waals surface area contributed by atoms with E-state index >= 15 is 0 Å². The number of nitro benzene ring substituents is 1. The number of benzene rings is 2. The summed E-state index contributed by atoms with van der Waals surface area (Å²) in [5.41, 5.74) is -0.104. The molecule has 9 heteroatoms. The number of alkyl halides is 1. The van der Waals surface area contributed by atoms with Crippen LogP contribution in [-0.4, -0.2) is 43.1 Å². The fraction of sp³-hybridized carbons (Fsp3) is 0.278. The van der Waals surface area contributed by atoms with Gasteiger partial charge in [0.15, 0.2) is 0 Å². The Labute approximate surface area is 159 Å². The topological polar surface area (TPSA) is 72.7 Å². The van der Waals surface area contributed by atoms with Crippen LogP contribution in [0.5, 0.6) is 5.75 Å². The summed E-state index contributed by atoms with van der Waals surface area (Å²) in [5, 5.41) is 11.2. The highest BCUT2D eigenvalue weighted by Gasteiger charge is 2.20. The van der Waals surface area contributed by atoms with Crippen molar-refractivity contribution in [1.29, 1.82) is 0 Å². The van der Waals surface area contributed by atoms with E-state index in [1.807, 2.05) is 0 Å². The number of hydrogen-bond acceptors (Lipinski definition) is 5. The summed E-state index contributed by atoms with van der Waals surface area (Å²) < 4.78 is 31.0. The van der Waals surface area contributed by atoms with Crippen molar-refractivity contribution in [3.8, 4) is 5.75 Å². The molecule has 0 saturated carbocycles. The average molecular weight is 396 g/mol. The lowest BCUT2D eigenvalue weighted by molar-refractivity contribution is -0.387. The summed E-state index contributed by atoms with van der Waals surface area (Å²) in [4.78, 5) is 25.1. The summed E-state index contributed by atoms with van der Waals surface area (Å²) in [6.07, 6.45) is 0.231. The Hall–Kier alpha value is -2.68. The van der Waals surface area contributed by atoms with Gasteiger partial charge in [-0.15, -0.1) is 0 Å². The minimum atomic E-state index is -0.716. The monoisotopic (exact) mass is 396 g/mol. The number of amides is 1. The van der Waals surface area contributed by atoms with E-state index in [0.717, 1.165) is 23.9 Å². The van der Waals surface area contributed by atoms with Crippen molar-refractivity contribution in [2.24, 2.45) is 0 Å². The second-order valence-corrected chi connectivity index (χ2v) is 6.80. The summed E-state index contributed by atoms with van der Waals surface area (Å²) >= 11 is 0.989. The van der Waals surface area contributed by atoms with Gasteiger partial charge < -0.3 is 9.64 Å². The average Bonchev–Trinajstić information content (AvgIpc) is 2.63. The van der Waals surface area contributed by atoms with Crippen LogP contribution in [0.15, 0.2) is 46.2 Å². The van der Waals surface area contributed by atoms with E-state index in [4.69, 9.17) is 4.74 Å². The zero-order valence-electron chi connectivity index (χ0n) is 14.8. The first kappa shape index (κ1) is 20.6. The Morgan fingerprint density at radius 1 is 1.22 bits per heavy atom. The molecule has 6 nitrogen and oxygen atoms in total. The quantitative estimate of drug-likeness (QED) is 0.377. The summed E-state index contributed by atoms with van der Waals surface area (Å²) in [6, 6.07) is 7.97. The van der Waals surface area contributed by atoms with E-state index in [0.29, 0.717) is 10.6 Å². The summed E-state index contributed by atoms with van der Waals surface area (Å²) in [5.74, 6) is -0.642. The molecular formula is C18H18F2N2O4S. The SMILES string of the molecule is CN(C)C(=O)c1cc(OCCCF)ccc1Sc1ccc(F)cc1[N+](=O)[O-]. The summed E-state index contributed by atoms with van der Waals surface area (Å²) in [6.45, 7) is -0.340. The second-order valence-electron chi connectivity index (χ2n) is 5.72. The molecule has 144 valence electrons. The second kappa shape index (κ2) is 9.31. The summed E-state index contributed by atoms with van der Waals surface area (Å²) in [7, 11) is 3.15. The third-order valence-corrected chi connectivity index (χ3v) is 4.61. The molecule has 0 aliphatic heterocycles. The molecule has 2 rings (SSSR count). The number of halogens is 2. The fourth-order valence-electron chi connectivity index (χ4n) is 2.18. The molecule has 0 bridgehead atoms. The molecule has 0 atom stereocenters. The van der Waals surface area contributed by atoms with Crippen LogP contribution in [0.25, 0.3) is 0 Å². The number of nitro groups is 1. The number of hydrogen-bond donors (Lipinski definition) is 0. The molecule has 0 spiro atoms. The lowest BCUT2D eigenvalue weighted by atomic mass is 10.2. The highest BCUT2D eigenvalue weighted by Crippen LogP contribution is 2.38. The van der Waals surface area contributed by atoms with Crippen LogP contribution >= 0.6 is 11.8 Å². The maximum atomic E-state index is 13.3. The van der Waals surface area contributed by atoms with Gasteiger partial charge in [0.2, 0.25) is 0 Å². The molecule has 0 radical (unpaired) electrons. The van der Waals surface area contributed by atoms with Crippen LogP contribution in [0.3, 0.4) is 0 Å². The van der Waals surface area contributed by atoms with Crippen molar-refractivity contribution >= 4 is 23.4 Å². The number of carbonyl (C=O) groups is 1. The maximum absolute atomic E-state index is 13.3. The van der Waals surface area contributed by atoms with Crippen molar-refractivity contribution in [3.05, 3.63) is 57.9 Å². The van der Waals surface area contributed by atoms with Gasteiger partial charge in [-0.05, 0) is 30.3 Å². The number of rotatable bonds is 8. The minimum Gasteiger partial charge on any atom is -0.493 e. The molecule has 0 heterocycles. The molecule has 0 aliphatic rings. The zero-order chi connectivity index (χ0) is 20.0. The highest BCUT2D eigenvalue weighted by atomic mass is 32.2. The molecule has 0 aliphatic carbocycles. The Morgan fingerprint density at radius 3 is 2.56 bits per heavy atom. The zero-order valence-corrected chi connectivity index (χ0v) is 15.6.